The SMILES string of the molecule is COc1ccc(CCNC(=O)CNc2ccc(OC(F)(F)F)cc2)cc1. The van der Waals surface area contributed by atoms with Crippen LogP contribution in [0.25, 0.3) is 0 Å². The smallest absolute Gasteiger partial charge is 0.497 e. The number of alkyl halides is 3. The van der Waals surface area contributed by atoms with Crippen LogP contribution in [0.2, 0.25) is 0 Å². The minimum atomic E-state index is -4.72. The zero-order valence-corrected chi connectivity index (χ0v) is 14.1. The summed E-state index contributed by atoms with van der Waals surface area (Å²) < 4.78 is 45.1. The first-order valence-electron chi connectivity index (χ1n) is 7.85. The Hall–Kier alpha value is -2.90. The van der Waals surface area contributed by atoms with Crippen LogP contribution in [0.5, 0.6) is 11.5 Å². The van der Waals surface area contributed by atoms with Crippen molar-refractivity contribution >= 4 is 11.6 Å². The maximum Gasteiger partial charge on any atom is 0.573 e. The highest BCUT2D eigenvalue weighted by Gasteiger charge is 2.30. The molecular formula is C18H19F3N2O3. The number of hydrogen-bond acceptors (Lipinski definition) is 4. The molecule has 0 bridgehead atoms. The van der Waals surface area contributed by atoms with Crippen LogP contribution in [0.4, 0.5) is 18.9 Å². The monoisotopic (exact) mass is 368 g/mol. The summed E-state index contributed by atoms with van der Waals surface area (Å²) in [6.45, 7) is 0.493. The Kier molecular flexibility index (Phi) is 6.71. The lowest BCUT2D eigenvalue weighted by Gasteiger charge is -2.10. The summed E-state index contributed by atoms with van der Waals surface area (Å²) in [5.41, 5.74) is 1.59. The molecule has 2 aromatic carbocycles. The second-order valence-corrected chi connectivity index (χ2v) is 5.37. The summed E-state index contributed by atoms with van der Waals surface area (Å²) in [6.07, 6.45) is -4.04. The van der Waals surface area contributed by atoms with Gasteiger partial charge >= 0.3 is 6.36 Å². The van der Waals surface area contributed by atoms with E-state index in [0.29, 0.717) is 18.7 Å². The Balaban J connectivity index is 1.69. The Morgan fingerprint density at radius 2 is 1.62 bits per heavy atom. The van der Waals surface area contributed by atoms with E-state index in [1.807, 2.05) is 24.3 Å². The number of carbonyl (C=O) groups excluding carboxylic acids is 1. The molecule has 0 saturated heterocycles. The van der Waals surface area contributed by atoms with Gasteiger partial charge in [-0.25, -0.2) is 0 Å². The molecule has 0 aliphatic heterocycles. The second-order valence-electron chi connectivity index (χ2n) is 5.37. The van der Waals surface area contributed by atoms with Gasteiger partial charge in [0.2, 0.25) is 5.91 Å². The second kappa shape index (κ2) is 8.98. The molecule has 0 aliphatic carbocycles. The van der Waals surface area contributed by atoms with Crippen molar-refractivity contribution in [2.45, 2.75) is 12.8 Å². The van der Waals surface area contributed by atoms with Gasteiger partial charge < -0.3 is 20.1 Å². The summed E-state index contributed by atoms with van der Waals surface area (Å²) in [4.78, 5) is 11.8. The van der Waals surface area contributed by atoms with Gasteiger partial charge in [0.15, 0.2) is 0 Å². The fourth-order valence-electron chi connectivity index (χ4n) is 2.16. The van der Waals surface area contributed by atoms with Gasteiger partial charge in [0.05, 0.1) is 13.7 Å². The standard InChI is InChI=1S/C18H19F3N2O3/c1-25-15-6-2-13(3-7-15)10-11-22-17(24)12-23-14-4-8-16(9-5-14)26-18(19,20)21/h2-9,23H,10-12H2,1H3,(H,22,24). The lowest BCUT2D eigenvalue weighted by molar-refractivity contribution is -0.274. The van der Waals surface area contributed by atoms with Gasteiger partial charge in [-0.3, -0.25) is 4.79 Å². The third-order valence-electron chi connectivity index (χ3n) is 3.44. The molecule has 0 radical (unpaired) electrons. The molecule has 0 fully saturated rings. The van der Waals surface area contributed by atoms with Crippen molar-refractivity contribution in [3.8, 4) is 11.5 Å². The van der Waals surface area contributed by atoms with Crippen molar-refractivity contribution in [3.63, 3.8) is 0 Å². The Labute approximate surface area is 149 Å². The normalized spacial score (nSPS) is 10.9. The van der Waals surface area contributed by atoms with Gasteiger partial charge in [0.25, 0.3) is 0 Å². The van der Waals surface area contributed by atoms with Gasteiger partial charge in [0, 0.05) is 12.2 Å². The van der Waals surface area contributed by atoms with Gasteiger partial charge in [-0.2, -0.15) is 0 Å². The topological polar surface area (TPSA) is 59.6 Å². The quantitative estimate of drug-likeness (QED) is 0.750. The molecule has 2 aromatic rings. The zero-order valence-electron chi connectivity index (χ0n) is 14.1. The van der Waals surface area contributed by atoms with Crippen LogP contribution < -0.4 is 20.1 Å². The molecule has 140 valence electrons. The van der Waals surface area contributed by atoms with Crippen LogP contribution in [0.3, 0.4) is 0 Å². The van der Waals surface area contributed by atoms with Crippen molar-refractivity contribution < 1.29 is 27.4 Å². The van der Waals surface area contributed by atoms with Crippen molar-refractivity contribution in [1.29, 1.82) is 0 Å². The number of benzene rings is 2. The molecule has 0 saturated carbocycles. The number of halogens is 3. The van der Waals surface area contributed by atoms with Crippen LogP contribution in [-0.4, -0.2) is 32.5 Å². The van der Waals surface area contributed by atoms with E-state index in [0.717, 1.165) is 11.3 Å². The van der Waals surface area contributed by atoms with Gasteiger partial charge in [-0.05, 0) is 48.4 Å². The molecule has 0 spiro atoms. The first-order chi connectivity index (χ1) is 12.4. The largest absolute Gasteiger partial charge is 0.573 e. The molecule has 2 N–H and O–H groups in total. The predicted octanol–water partition coefficient (Wildman–Crippen LogP) is 3.36. The summed E-state index contributed by atoms with van der Waals surface area (Å²) in [5, 5.41) is 5.60. The van der Waals surface area contributed by atoms with Gasteiger partial charge in [-0.15, -0.1) is 13.2 Å². The Morgan fingerprint density at radius 3 is 2.19 bits per heavy atom. The molecule has 0 atom stereocenters. The van der Waals surface area contributed by atoms with E-state index in [9.17, 15) is 18.0 Å². The van der Waals surface area contributed by atoms with Crippen molar-refractivity contribution in [2.24, 2.45) is 0 Å². The highest BCUT2D eigenvalue weighted by Crippen LogP contribution is 2.23. The van der Waals surface area contributed by atoms with Gasteiger partial charge in [0.1, 0.15) is 11.5 Å². The number of rotatable bonds is 8. The van der Waals surface area contributed by atoms with E-state index >= 15 is 0 Å². The molecule has 0 unspecified atom stereocenters. The van der Waals surface area contributed by atoms with Crippen LogP contribution in [0, 0.1) is 0 Å². The number of amides is 1. The zero-order chi connectivity index (χ0) is 19.0. The molecule has 0 aromatic heterocycles. The molecule has 0 aliphatic rings. The van der Waals surface area contributed by atoms with E-state index in [-0.39, 0.29) is 18.2 Å². The average molecular weight is 368 g/mol. The van der Waals surface area contributed by atoms with E-state index in [1.165, 1.54) is 24.3 Å². The summed E-state index contributed by atoms with van der Waals surface area (Å²) in [7, 11) is 1.60. The third kappa shape index (κ3) is 6.92. The summed E-state index contributed by atoms with van der Waals surface area (Å²) >= 11 is 0. The number of hydrogen-bond donors (Lipinski definition) is 2. The van der Waals surface area contributed by atoms with E-state index < -0.39 is 6.36 Å². The van der Waals surface area contributed by atoms with Crippen molar-refractivity contribution in [3.05, 3.63) is 54.1 Å². The van der Waals surface area contributed by atoms with Crippen molar-refractivity contribution in [2.75, 3.05) is 25.5 Å². The van der Waals surface area contributed by atoms with Crippen LogP contribution in [-0.2, 0) is 11.2 Å². The number of ether oxygens (including phenoxy) is 2. The highest BCUT2D eigenvalue weighted by molar-refractivity contribution is 5.80. The number of nitrogens with one attached hydrogen (secondary N) is 2. The lowest BCUT2D eigenvalue weighted by atomic mass is 10.1. The third-order valence-corrected chi connectivity index (χ3v) is 3.44. The summed E-state index contributed by atoms with van der Waals surface area (Å²) in [5.74, 6) is 0.245. The van der Waals surface area contributed by atoms with Crippen LogP contribution in [0.1, 0.15) is 5.56 Å². The Morgan fingerprint density at radius 1 is 1.00 bits per heavy atom. The first-order valence-corrected chi connectivity index (χ1v) is 7.85. The fraction of sp³-hybridized carbons (Fsp3) is 0.278. The molecular weight excluding hydrogens is 349 g/mol. The van der Waals surface area contributed by atoms with Crippen molar-refractivity contribution in [1.82, 2.24) is 5.32 Å². The fourth-order valence-corrected chi connectivity index (χ4v) is 2.16. The first kappa shape index (κ1) is 19.4. The van der Waals surface area contributed by atoms with E-state index in [2.05, 4.69) is 15.4 Å². The molecule has 8 heteroatoms. The predicted molar refractivity (Wildman–Crippen MR) is 91.3 cm³/mol. The average Bonchev–Trinajstić information content (AvgIpc) is 2.60. The maximum absolute atomic E-state index is 12.1. The molecule has 2 rings (SSSR count). The van der Waals surface area contributed by atoms with E-state index in [1.54, 1.807) is 7.11 Å². The highest BCUT2D eigenvalue weighted by atomic mass is 19.4. The van der Waals surface area contributed by atoms with Gasteiger partial charge in [-0.1, -0.05) is 12.1 Å². The Bertz CT molecular complexity index is 701. The number of anilines is 1. The van der Waals surface area contributed by atoms with E-state index in [4.69, 9.17) is 4.74 Å². The minimum absolute atomic E-state index is 0.0160. The molecule has 5 nitrogen and oxygen atoms in total. The van der Waals surface area contributed by atoms with Crippen LogP contribution >= 0.6 is 0 Å². The van der Waals surface area contributed by atoms with Crippen LogP contribution in [0.15, 0.2) is 48.5 Å². The lowest BCUT2D eigenvalue weighted by Crippen LogP contribution is -2.31. The number of methoxy groups -OCH3 is 1. The summed E-state index contributed by atoms with van der Waals surface area (Å²) in [6, 6.07) is 12.7. The number of carbonyl (C=O) groups is 1. The molecule has 26 heavy (non-hydrogen) atoms. The maximum atomic E-state index is 12.1. The minimum Gasteiger partial charge on any atom is -0.497 e. The molecule has 0 heterocycles. The molecule has 1 amide bonds.